The molecule has 1 aromatic rings. The van der Waals surface area contributed by atoms with Crippen LogP contribution in [0.4, 0.5) is 0 Å². The Morgan fingerprint density at radius 3 is 1.91 bits per heavy atom. The van der Waals surface area contributed by atoms with Crippen LogP contribution >= 0.6 is 0 Å². The predicted octanol–water partition coefficient (Wildman–Crippen LogP) is 4.25. The van der Waals surface area contributed by atoms with Crippen molar-refractivity contribution < 1.29 is 19.4 Å². The number of aliphatic carboxylic acids is 1. The molecule has 124 valence electrons. The quantitative estimate of drug-likeness (QED) is 0.848. The number of ether oxygens (including phenoxy) is 1. The highest BCUT2D eigenvalue weighted by Gasteiger charge is 2.23. The molecule has 0 saturated heterocycles. The summed E-state index contributed by atoms with van der Waals surface area (Å²) >= 11 is 0. The van der Waals surface area contributed by atoms with E-state index in [4.69, 9.17) is 5.11 Å². The molecule has 4 heteroatoms. The van der Waals surface area contributed by atoms with Crippen molar-refractivity contribution in [2.45, 2.75) is 52.9 Å². The van der Waals surface area contributed by atoms with E-state index < -0.39 is 5.97 Å². The zero-order valence-corrected chi connectivity index (χ0v) is 14.0. The van der Waals surface area contributed by atoms with Crippen LogP contribution in [0.2, 0.25) is 0 Å². The van der Waals surface area contributed by atoms with Crippen LogP contribution in [0.5, 0.6) is 0 Å². The highest BCUT2D eigenvalue weighted by atomic mass is 16.5. The number of rotatable bonds is 3. The molecule has 0 aromatic heterocycles. The standard InChI is InChI=1S/C9H12.C5H8O2.C4H8O2/c1-8(2)9-6-4-3-5-7-9;6-5(7)4-2-1-3-4;1-3-6-4(2)5/h3-8H,1-2H3;4H,1-3H2,(H,6,7);3H2,1-2H3. The van der Waals surface area contributed by atoms with Gasteiger partial charge in [-0.2, -0.15) is 0 Å². The highest BCUT2D eigenvalue weighted by Crippen LogP contribution is 2.25. The molecule has 0 radical (unpaired) electrons. The Bertz CT molecular complexity index is 422. The fourth-order valence-electron chi connectivity index (χ4n) is 1.70. The zero-order valence-electron chi connectivity index (χ0n) is 14.0. The maximum absolute atomic E-state index is 9.98. The van der Waals surface area contributed by atoms with Gasteiger partial charge in [-0.15, -0.1) is 0 Å². The van der Waals surface area contributed by atoms with Gasteiger partial charge in [0.05, 0.1) is 12.5 Å². The van der Waals surface area contributed by atoms with Gasteiger partial charge in [-0.05, 0) is 31.2 Å². The summed E-state index contributed by atoms with van der Waals surface area (Å²) in [6, 6.07) is 10.5. The molecule has 0 amide bonds. The summed E-state index contributed by atoms with van der Waals surface area (Å²) < 4.78 is 4.40. The van der Waals surface area contributed by atoms with Crippen molar-refractivity contribution in [3.05, 3.63) is 35.9 Å². The van der Waals surface area contributed by atoms with Gasteiger partial charge < -0.3 is 9.84 Å². The van der Waals surface area contributed by atoms with Gasteiger partial charge in [0.15, 0.2) is 0 Å². The van der Waals surface area contributed by atoms with Gasteiger partial charge in [0.2, 0.25) is 0 Å². The SMILES string of the molecule is CC(C)c1ccccc1.CCOC(C)=O.O=C(O)C1CCC1. The first-order valence-electron chi connectivity index (χ1n) is 7.79. The van der Waals surface area contributed by atoms with E-state index in [1.807, 2.05) is 6.07 Å². The van der Waals surface area contributed by atoms with Crippen LogP contribution in [0.15, 0.2) is 30.3 Å². The van der Waals surface area contributed by atoms with Crippen LogP contribution in [-0.2, 0) is 14.3 Å². The lowest BCUT2D eigenvalue weighted by Gasteiger charge is -2.19. The number of hydrogen-bond acceptors (Lipinski definition) is 3. The maximum atomic E-state index is 9.98. The van der Waals surface area contributed by atoms with E-state index in [0.29, 0.717) is 12.5 Å². The Labute approximate surface area is 133 Å². The molecule has 0 aliphatic heterocycles. The molecule has 0 unspecified atom stereocenters. The summed E-state index contributed by atoms with van der Waals surface area (Å²) in [5, 5.41) is 8.23. The Hall–Kier alpha value is -1.84. The summed E-state index contributed by atoms with van der Waals surface area (Å²) in [7, 11) is 0. The number of carbonyl (C=O) groups is 2. The van der Waals surface area contributed by atoms with E-state index >= 15 is 0 Å². The van der Waals surface area contributed by atoms with Crippen LogP contribution in [-0.4, -0.2) is 23.7 Å². The molecular formula is C18H28O4. The summed E-state index contributed by atoms with van der Waals surface area (Å²) in [6.45, 7) is 8.06. The fourth-order valence-corrected chi connectivity index (χ4v) is 1.70. The van der Waals surface area contributed by atoms with Crippen molar-refractivity contribution in [2.24, 2.45) is 5.92 Å². The van der Waals surface area contributed by atoms with Crippen LogP contribution in [0.25, 0.3) is 0 Å². The molecule has 0 heterocycles. The largest absolute Gasteiger partial charge is 0.481 e. The minimum atomic E-state index is -0.619. The number of esters is 1. The molecule has 1 saturated carbocycles. The second-order valence-corrected chi connectivity index (χ2v) is 5.46. The van der Waals surface area contributed by atoms with Crippen molar-refractivity contribution in [1.82, 2.24) is 0 Å². The van der Waals surface area contributed by atoms with E-state index in [9.17, 15) is 9.59 Å². The lowest BCUT2D eigenvalue weighted by atomic mass is 9.86. The third-order valence-electron chi connectivity index (χ3n) is 3.27. The predicted molar refractivity (Wildman–Crippen MR) is 87.8 cm³/mol. The molecular weight excluding hydrogens is 280 g/mol. The smallest absolute Gasteiger partial charge is 0.306 e. The average Bonchev–Trinajstić information content (AvgIpc) is 2.38. The molecule has 4 nitrogen and oxygen atoms in total. The Morgan fingerprint density at radius 2 is 1.77 bits per heavy atom. The second kappa shape index (κ2) is 11.8. The summed E-state index contributed by atoms with van der Waals surface area (Å²) in [5.74, 6) is -0.171. The van der Waals surface area contributed by atoms with Crippen molar-refractivity contribution in [2.75, 3.05) is 6.61 Å². The Kier molecular flexibility index (Phi) is 10.8. The van der Waals surface area contributed by atoms with Crippen LogP contribution < -0.4 is 0 Å². The van der Waals surface area contributed by atoms with E-state index in [-0.39, 0.29) is 11.9 Å². The second-order valence-electron chi connectivity index (χ2n) is 5.46. The van der Waals surface area contributed by atoms with Crippen LogP contribution in [0, 0.1) is 5.92 Å². The number of carboxylic acids is 1. The van der Waals surface area contributed by atoms with Crippen molar-refractivity contribution >= 4 is 11.9 Å². The highest BCUT2D eigenvalue weighted by molar-refractivity contribution is 5.70. The number of hydrogen-bond donors (Lipinski definition) is 1. The maximum Gasteiger partial charge on any atom is 0.306 e. The van der Waals surface area contributed by atoms with Gasteiger partial charge in [-0.1, -0.05) is 50.6 Å². The minimum absolute atomic E-state index is 0.000000000000000444. The molecule has 1 aromatic carbocycles. The summed E-state index contributed by atoms with van der Waals surface area (Å²) in [6.07, 6.45) is 2.90. The van der Waals surface area contributed by atoms with E-state index in [0.717, 1.165) is 19.3 Å². The van der Waals surface area contributed by atoms with E-state index in [1.54, 1.807) is 6.92 Å². The monoisotopic (exact) mass is 308 g/mol. The van der Waals surface area contributed by atoms with E-state index in [2.05, 4.69) is 42.8 Å². The fraction of sp³-hybridized carbons (Fsp3) is 0.556. The zero-order chi connectivity index (χ0) is 17.0. The van der Waals surface area contributed by atoms with E-state index in [1.165, 1.54) is 12.5 Å². The first-order valence-corrected chi connectivity index (χ1v) is 7.79. The lowest BCUT2D eigenvalue weighted by Crippen LogP contribution is -2.20. The Balaban J connectivity index is 0.000000309. The molecule has 1 N–H and O–H groups in total. The van der Waals surface area contributed by atoms with Crippen LogP contribution in [0.1, 0.15) is 58.4 Å². The van der Waals surface area contributed by atoms with Crippen molar-refractivity contribution in [3.8, 4) is 0 Å². The molecule has 2 rings (SSSR count). The third kappa shape index (κ3) is 9.97. The number of benzene rings is 1. The molecule has 0 spiro atoms. The number of carboxylic acid groups (broad SMARTS) is 1. The van der Waals surface area contributed by atoms with Gasteiger partial charge in [0.25, 0.3) is 0 Å². The summed E-state index contributed by atoms with van der Waals surface area (Å²) in [4.78, 5) is 19.8. The molecule has 22 heavy (non-hydrogen) atoms. The third-order valence-corrected chi connectivity index (χ3v) is 3.27. The summed E-state index contributed by atoms with van der Waals surface area (Å²) in [5.41, 5.74) is 1.41. The van der Waals surface area contributed by atoms with Gasteiger partial charge in [-0.3, -0.25) is 9.59 Å². The van der Waals surface area contributed by atoms with Crippen molar-refractivity contribution in [1.29, 1.82) is 0 Å². The minimum Gasteiger partial charge on any atom is -0.481 e. The molecule has 1 aliphatic rings. The van der Waals surface area contributed by atoms with Gasteiger partial charge in [0, 0.05) is 6.92 Å². The molecule has 1 fully saturated rings. The molecule has 0 bridgehead atoms. The first-order chi connectivity index (χ1) is 10.4. The van der Waals surface area contributed by atoms with Gasteiger partial charge in [0.1, 0.15) is 0 Å². The van der Waals surface area contributed by atoms with Gasteiger partial charge in [-0.25, -0.2) is 0 Å². The van der Waals surface area contributed by atoms with Crippen LogP contribution in [0.3, 0.4) is 0 Å². The average molecular weight is 308 g/mol. The topological polar surface area (TPSA) is 63.6 Å². The first kappa shape index (κ1) is 20.2. The molecule has 1 aliphatic carbocycles. The molecule has 0 atom stereocenters. The Morgan fingerprint density at radius 1 is 1.23 bits per heavy atom. The van der Waals surface area contributed by atoms with Crippen molar-refractivity contribution in [3.63, 3.8) is 0 Å². The van der Waals surface area contributed by atoms with Gasteiger partial charge >= 0.3 is 11.9 Å². The normalized spacial score (nSPS) is 13.0. The number of carbonyl (C=O) groups excluding carboxylic acids is 1. The lowest BCUT2D eigenvalue weighted by molar-refractivity contribution is -0.144.